The molecule has 31 heavy (non-hydrogen) atoms. The van der Waals surface area contributed by atoms with Gasteiger partial charge in [-0.25, -0.2) is 4.98 Å². The number of hydrogen-bond donors (Lipinski definition) is 1. The van der Waals surface area contributed by atoms with Gasteiger partial charge in [-0.1, -0.05) is 42.0 Å². The number of rotatable bonds is 3. The van der Waals surface area contributed by atoms with Crippen LogP contribution in [0.15, 0.2) is 52.6 Å². The molecule has 1 aliphatic heterocycles. The summed E-state index contributed by atoms with van der Waals surface area (Å²) < 4.78 is 0.688. The number of H-pyrrole nitrogens is 1. The van der Waals surface area contributed by atoms with Crippen molar-refractivity contribution in [3.05, 3.63) is 74.9 Å². The van der Waals surface area contributed by atoms with Gasteiger partial charge in [0.15, 0.2) is 0 Å². The van der Waals surface area contributed by atoms with Crippen molar-refractivity contribution in [2.45, 2.75) is 20.8 Å². The van der Waals surface area contributed by atoms with Gasteiger partial charge in [0.2, 0.25) is 5.95 Å². The lowest BCUT2D eigenvalue weighted by atomic mass is 10.1. The number of benzene rings is 2. The van der Waals surface area contributed by atoms with E-state index in [1.807, 2.05) is 5.38 Å². The smallest absolute Gasteiger partial charge is 0.270 e. The minimum absolute atomic E-state index is 0.0553. The molecule has 4 aromatic rings. The highest BCUT2D eigenvalue weighted by atomic mass is 32.1. The van der Waals surface area contributed by atoms with Crippen LogP contribution in [-0.2, 0) is 0 Å². The Hall–Kier alpha value is -3.12. The predicted octanol–water partition coefficient (Wildman–Crippen LogP) is 4.90. The lowest BCUT2D eigenvalue weighted by Gasteiger charge is -2.37. The van der Waals surface area contributed by atoms with E-state index in [0.29, 0.717) is 10.6 Å². The number of nitrogens with one attached hydrogen (secondary N) is 1. The maximum Gasteiger partial charge on any atom is 0.270 e. The molecule has 1 N–H and O–H groups in total. The number of fused-ring (bicyclic) bond motifs is 1. The number of nitrogens with zero attached hydrogens (tertiary/aromatic N) is 3. The Balaban J connectivity index is 1.43. The molecule has 0 saturated carbocycles. The molecule has 158 valence electrons. The molecule has 0 radical (unpaired) electrons. The predicted molar refractivity (Wildman–Crippen MR) is 131 cm³/mol. The quantitative estimate of drug-likeness (QED) is 0.502. The highest BCUT2D eigenvalue weighted by molar-refractivity contribution is 7.17. The number of aromatic amines is 1. The van der Waals surface area contributed by atoms with Crippen molar-refractivity contribution in [3.63, 3.8) is 0 Å². The molecule has 2 aromatic carbocycles. The fraction of sp³-hybridized carbons (Fsp3) is 0.280. The van der Waals surface area contributed by atoms with Gasteiger partial charge in [0, 0.05) is 42.8 Å². The van der Waals surface area contributed by atoms with Crippen molar-refractivity contribution in [2.75, 3.05) is 36.0 Å². The summed E-state index contributed by atoms with van der Waals surface area (Å²) in [6, 6.07) is 15.0. The molecule has 5 nitrogen and oxygen atoms in total. The van der Waals surface area contributed by atoms with E-state index < -0.39 is 0 Å². The van der Waals surface area contributed by atoms with E-state index in [1.165, 1.54) is 33.7 Å². The minimum atomic E-state index is -0.0553. The first-order chi connectivity index (χ1) is 15.0. The van der Waals surface area contributed by atoms with Gasteiger partial charge < -0.3 is 9.80 Å². The molecule has 0 bridgehead atoms. The van der Waals surface area contributed by atoms with Crippen molar-refractivity contribution < 1.29 is 0 Å². The third-order valence-corrected chi connectivity index (χ3v) is 7.03. The molecular weight excluding hydrogens is 404 g/mol. The second kappa shape index (κ2) is 7.85. The molecule has 2 aromatic heterocycles. The van der Waals surface area contributed by atoms with Gasteiger partial charge in [0.05, 0.1) is 5.52 Å². The summed E-state index contributed by atoms with van der Waals surface area (Å²) in [5.74, 6) is 0.671. The number of thiophene rings is 1. The summed E-state index contributed by atoms with van der Waals surface area (Å²) in [5.41, 5.74) is 7.97. The zero-order valence-electron chi connectivity index (χ0n) is 18.1. The summed E-state index contributed by atoms with van der Waals surface area (Å²) in [6.45, 7) is 9.83. The highest BCUT2D eigenvalue weighted by Gasteiger charge is 2.22. The van der Waals surface area contributed by atoms with E-state index in [9.17, 15) is 4.79 Å². The molecule has 0 amide bonds. The molecule has 6 heteroatoms. The summed E-state index contributed by atoms with van der Waals surface area (Å²) >= 11 is 1.46. The molecule has 0 unspecified atom stereocenters. The van der Waals surface area contributed by atoms with Crippen LogP contribution in [0, 0.1) is 20.8 Å². The fourth-order valence-corrected chi connectivity index (χ4v) is 5.13. The summed E-state index contributed by atoms with van der Waals surface area (Å²) in [6.07, 6.45) is 0. The molecule has 0 atom stereocenters. The van der Waals surface area contributed by atoms with Crippen molar-refractivity contribution >= 4 is 33.2 Å². The zero-order valence-corrected chi connectivity index (χ0v) is 18.9. The topological polar surface area (TPSA) is 52.2 Å². The van der Waals surface area contributed by atoms with Crippen LogP contribution in [0.3, 0.4) is 0 Å². The number of aryl methyl sites for hydroxylation is 3. The van der Waals surface area contributed by atoms with Crippen LogP contribution in [0.5, 0.6) is 0 Å². The van der Waals surface area contributed by atoms with Gasteiger partial charge in [-0.15, -0.1) is 11.3 Å². The van der Waals surface area contributed by atoms with Gasteiger partial charge in [-0.05, 0) is 43.5 Å². The molecular formula is C25H26N4OS. The Kier molecular flexibility index (Phi) is 5.02. The maximum absolute atomic E-state index is 12.8. The SMILES string of the molecule is Cc1ccc(-c2csc3c(=O)[nH]c(N4CCN(c5cc(C)ccc5C)CC4)nc23)cc1. The normalized spacial score (nSPS) is 14.4. The zero-order chi connectivity index (χ0) is 21.5. The summed E-state index contributed by atoms with van der Waals surface area (Å²) in [4.78, 5) is 25.3. The van der Waals surface area contributed by atoms with E-state index in [0.717, 1.165) is 42.8 Å². The van der Waals surface area contributed by atoms with E-state index >= 15 is 0 Å². The van der Waals surface area contributed by atoms with Crippen LogP contribution in [0.4, 0.5) is 11.6 Å². The van der Waals surface area contributed by atoms with Crippen molar-refractivity contribution in [1.29, 1.82) is 0 Å². The molecule has 0 aliphatic carbocycles. The first kappa shape index (κ1) is 19.8. The molecule has 1 aliphatic rings. The Morgan fingerprint density at radius 3 is 2.32 bits per heavy atom. The Labute approximate surface area is 186 Å². The third kappa shape index (κ3) is 3.72. The van der Waals surface area contributed by atoms with E-state index in [1.54, 1.807) is 0 Å². The molecule has 5 rings (SSSR count). The monoisotopic (exact) mass is 430 g/mol. The molecule has 1 fully saturated rings. The highest BCUT2D eigenvalue weighted by Crippen LogP contribution is 2.32. The number of hydrogen-bond acceptors (Lipinski definition) is 5. The van der Waals surface area contributed by atoms with Crippen LogP contribution in [-0.4, -0.2) is 36.1 Å². The summed E-state index contributed by atoms with van der Waals surface area (Å²) in [5, 5.41) is 2.04. The summed E-state index contributed by atoms with van der Waals surface area (Å²) in [7, 11) is 0. The van der Waals surface area contributed by atoms with Crippen molar-refractivity contribution in [2.24, 2.45) is 0 Å². The van der Waals surface area contributed by atoms with Crippen LogP contribution < -0.4 is 15.4 Å². The van der Waals surface area contributed by atoms with Crippen LogP contribution in [0.25, 0.3) is 21.3 Å². The van der Waals surface area contributed by atoms with E-state index in [4.69, 9.17) is 4.98 Å². The standard InChI is InChI=1S/C25H26N4OS/c1-16-5-8-19(9-6-16)20-15-31-23-22(20)26-25(27-24(23)30)29-12-10-28(11-13-29)21-14-17(2)4-7-18(21)3/h4-9,14-15H,10-13H2,1-3H3,(H,26,27,30). The second-order valence-electron chi connectivity index (χ2n) is 8.35. The lowest BCUT2D eigenvalue weighted by Crippen LogP contribution is -2.47. The minimum Gasteiger partial charge on any atom is -0.368 e. The molecule has 1 saturated heterocycles. The van der Waals surface area contributed by atoms with Gasteiger partial charge in [-0.3, -0.25) is 9.78 Å². The van der Waals surface area contributed by atoms with Gasteiger partial charge in [0.1, 0.15) is 4.70 Å². The Morgan fingerprint density at radius 1 is 0.903 bits per heavy atom. The van der Waals surface area contributed by atoms with Crippen LogP contribution >= 0.6 is 11.3 Å². The second-order valence-corrected chi connectivity index (χ2v) is 9.23. The fourth-order valence-electron chi connectivity index (χ4n) is 4.22. The Bertz CT molecular complexity index is 1300. The van der Waals surface area contributed by atoms with E-state index in [2.05, 4.69) is 78.0 Å². The maximum atomic E-state index is 12.8. The lowest BCUT2D eigenvalue weighted by molar-refractivity contribution is 0.639. The van der Waals surface area contributed by atoms with Crippen LogP contribution in [0.1, 0.15) is 16.7 Å². The number of aromatic nitrogens is 2. The molecule has 0 spiro atoms. The number of anilines is 2. The largest absolute Gasteiger partial charge is 0.368 e. The third-order valence-electron chi connectivity index (χ3n) is 6.06. The number of piperazine rings is 1. The average molecular weight is 431 g/mol. The van der Waals surface area contributed by atoms with Crippen LogP contribution in [0.2, 0.25) is 0 Å². The average Bonchev–Trinajstić information content (AvgIpc) is 3.21. The van der Waals surface area contributed by atoms with Crippen molar-refractivity contribution in [3.8, 4) is 11.1 Å². The first-order valence-electron chi connectivity index (χ1n) is 10.7. The van der Waals surface area contributed by atoms with Gasteiger partial charge >= 0.3 is 0 Å². The first-order valence-corrected chi connectivity index (χ1v) is 11.5. The Morgan fingerprint density at radius 2 is 1.58 bits per heavy atom. The van der Waals surface area contributed by atoms with Gasteiger partial charge in [0.25, 0.3) is 5.56 Å². The van der Waals surface area contributed by atoms with Gasteiger partial charge in [-0.2, -0.15) is 0 Å². The van der Waals surface area contributed by atoms with E-state index in [-0.39, 0.29) is 5.56 Å². The molecule has 3 heterocycles. The van der Waals surface area contributed by atoms with Crippen molar-refractivity contribution in [1.82, 2.24) is 9.97 Å².